The van der Waals surface area contributed by atoms with E-state index in [0.717, 1.165) is 0 Å². The van der Waals surface area contributed by atoms with Crippen LogP contribution in [0, 0.1) is 0 Å². The summed E-state index contributed by atoms with van der Waals surface area (Å²) in [4.78, 5) is 15.7. The number of nitrogens with one attached hydrogen (secondary N) is 2. The SMILES string of the molecule is O=C(NCCc1ncn[nH]1)c1ccc(OC(F)F)cc1. The van der Waals surface area contributed by atoms with E-state index in [-0.39, 0.29) is 11.7 Å². The predicted octanol–water partition coefficient (Wildman–Crippen LogP) is 1.38. The molecule has 2 aromatic rings. The number of hydrogen-bond acceptors (Lipinski definition) is 4. The molecule has 0 saturated heterocycles. The Morgan fingerprint density at radius 3 is 2.70 bits per heavy atom. The molecule has 106 valence electrons. The number of halogens is 2. The average molecular weight is 282 g/mol. The summed E-state index contributed by atoms with van der Waals surface area (Å²) in [5, 5.41) is 9.05. The van der Waals surface area contributed by atoms with E-state index in [0.29, 0.717) is 24.4 Å². The maximum Gasteiger partial charge on any atom is 0.387 e. The lowest BCUT2D eigenvalue weighted by atomic mass is 10.2. The highest BCUT2D eigenvalue weighted by Gasteiger charge is 2.08. The molecule has 2 N–H and O–H groups in total. The second kappa shape index (κ2) is 6.60. The topological polar surface area (TPSA) is 79.9 Å². The van der Waals surface area contributed by atoms with Gasteiger partial charge in [-0.3, -0.25) is 9.89 Å². The van der Waals surface area contributed by atoms with Crippen LogP contribution in [0.5, 0.6) is 5.75 Å². The third-order valence-electron chi connectivity index (χ3n) is 2.45. The molecule has 1 amide bonds. The maximum atomic E-state index is 12.0. The third kappa shape index (κ3) is 4.01. The number of carbonyl (C=O) groups excluding carboxylic acids is 1. The van der Waals surface area contributed by atoms with Crippen molar-refractivity contribution in [3.8, 4) is 5.75 Å². The van der Waals surface area contributed by atoms with Crippen LogP contribution in [0.3, 0.4) is 0 Å². The number of alkyl halides is 2. The Morgan fingerprint density at radius 2 is 2.10 bits per heavy atom. The largest absolute Gasteiger partial charge is 0.435 e. The fourth-order valence-electron chi connectivity index (χ4n) is 1.54. The van der Waals surface area contributed by atoms with Gasteiger partial charge in [0.2, 0.25) is 0 Å². The zero-order chi connectivity index (χ0) is 14.4. The fraction of sp³-hybridized carbons (Fsp3) is 0.250. The number of hydrogen-bond donors (Lipinski definition) is 2. The van der Waals surface area contributed by atoms with E-state index in [9.17, 15) is 13.6 Å². The summed E-state index contributed by atoms with van der Waals surface area (Å²) >= 11 is 0. The minimum Gasteiger partial charge on any atom is -0.435 e. The van der Waals surface area contributed by atoms with Gasteiger partial charge in [-0.2, -0.15) is 13.9 Å². The number of rotatable bonds is 6. The number of carbonyl (C=O) groups is 1. The van der Waals surface area contributed by atoms with Gasteiger partial charge in [-0.15, -0.1) is 0 Å². The van der Waals surface area contributed by atoms with Gasteiger partial charge in [0.05, 0.1) is 0 Å². The van der Waals surface area contributed by atoms with Crippen LogP contribution in [-0.2, 0) is 6.42 Å². The van der Waals surface area contributed by atoms with E-state index in [4.69, 9.17) is 0 Å². The lowest BCUT2D eigenvalue weighted by Crippen LogP contribution is -2.25. The quantitative estimate of drug-likeness (QED) is 0.838. The Balaban J connectivity index is 1.82. The number of aromatic nitrogens is 3. The van der Waals surface area contributed by atoms with Crippen LogP contribution < -0.4 is 10.1 Å². The van der Waals surface area contributed by atoms with E-state index in [1.54, 1.807) is 0 Å². The van der Waals surface area contributed by atoms with Gasteiger partial charge in [0.1, 0.15) is 17.9 Å². The Hall–Kier alpha value is -2.51. The second-order valence-corrected chi connectivity index (χ2v) is 3.84. The average Bonchev–Trinajstić information content (AvgIpc) is 2.92. The highest BCUT2D eigenvalue weighted by atomic mass is 19.3. The first-order valence-electron chi connectivity index (χ1n) is 5.82. The van der Waals surface area contributed by atoms with Crippen molar-refractivity contribution in [2.75, 3.05) is 6.54 Å². The molecular formula is C12H12F2N4O2. The summed E-state index contributed by atoms with van der Waals surface area (Å²) in [6.07, 6.45) is 1.91. The Bertz CT molecular complexity index is 543. The van der Waals surface area contributed by atoms with Crippen molar-refractivity contribution in [3.63, 3.8) is 0 Å². The van der Waals surface area contributed by atoms with Gasteiger partial charge in [-0.05, 0) is 24.3 Å². The molecule has 0 bridgehead atoms. The number of benzene rings is 1. The van der Waals surface area contributed by atoms with E-state index < -0.39 is 6.61 Å². The molecule has 6 nitrogen and oxygen atoms in total. The molecule has 0 radical (unpaired) electrons. The van der Waals surface area contributed by atoms with Crippen LogP contribution in [0.1, 0.15) is 16.2 Å². The van der Waals surface area contributed by atoms with Gasteiger partial charge in [-0.25, -0.2) is 4.98 Å². The van der Waals surface area contributed by atoms with Gasteiger partial charge < -0.3 is 10.1 Å². The highest BCUT2D eigenvalue weighted by molar-refractivity contribution is 5.94. The summed E-state index contributed by atoms with van der Waals surface area (Å²) in [7, 11) is 0. The second-order valence-electron chi connectivity index (χ2n) is 3.84. The molecule has 0 aliphatic rings. The molecule has 1 aromatic heterocycles. The van der Waals surface area contributed by atoms with Gasteiger partial charge in [0.25, 0.3) is 5.91 Å². The minimum absolute atomic E-state index is 0.0122. The molecular weight excluding hydrogens is 270 g/mol. The van der Waals surface area contributed by atoms with Crippen LogP contribution in [0.15, 0.2) is 30.6 Å². The van der Waals surface area contributed by atoms with Gasteiger partial charge >= 0.3 is 6.61 Å². The van der Waals surface area contributed by atoms with Crippen LogP contribution in [0.25, 0.3) is 0 Å². The van der Waals surface area contributed by atoms with Crippen molar-refractivity contribution in [3.05, 3.63) is 42.0 Å². The summed E-state index contributed by atoms with van der Waals surface area (Å²) in [5.74, 6) is 0.386. The van der Waals surface area contributed by atoms with Crippen molar-refractivity contribution >= 4 is 5.91 Å². The van der Waals surface area contributed by atoms with Crippen LogP contribution in [-0.4, -0.2) is 34.2 Å². The molecule has 0 aliphatic heterocycles. The van der Waals surface area contributed by atoms with E-state index >= 15 is 0 Å². The van der Waals surface area contributed by atoms with Crippen molar-refractivity contribution in [2.45, 2.75) is 13.0 Å². The minimum atomic E-state index is -2.88. The van der Waals surface area contributed by atoms with Crippen LogP contribution in [0.4, 0.5) is 8.78 Å². The van der Waals surface area contributed by atoms with Gasteiger partial charge in [0, 0.05) is 18.5 Å². The Morgan fingerprint density at radius 1 is 1.35 bits per heavy atom. The molecule has 2 rings (SSSR count). The third-order valence-corrected chi connectivity index (χ3v) is 2.45. The molecule has 0 fully saturated rings. The number of nitrogens with zero attached hydrogens (tertiary/aromatic N) is 2. The van der Waals surface area contributed by atoms with Crippen molar-refractivity contribution < 1.29 is 18.3 Å². The molecule has 1 aromatic carbocycles. The number of ether oxygens (including phenoxy) is 1. The standard InChI is InChI=1S/C12H12F2N4O2/c13-12(14)20-9-3-1-8(2-4-9)11(19)15-6-5-10-16-7-17-18-10/h1-4,7,12H,5-6H2,(H,15,19)(H,16,17,18). The lowest BCUT2D eigenvalue weighted by molar-refractivity contribution is -0.0498. The molecule has 8 heteroatoms. The Labute approximate surface area is 113 Å². The summed E-state index contributed by atoms with van der Waals surface area (Å²) in [5.41, 5.74) is 0.365. The zero-order valence-corrected chi connectivity index (χ0v) is 10.3. The number of aromatic amines is 1. The predicted molar refractivity (Wildman–Crippen MR) is 65.5 cm³/mol. The molecule has 0 unspecified atom stereocenters. The first-order chi connectivity index (χ1) is 9.65. The molecule has 0 saturated carbocycles. The summed E-state index contributed by atoms with van der Waals surface area (Å²) < 4.78 is 28.1. The van der Waals surface area contributed by atoms with Crippen molar-refractivity contribution in [2.24, 2.45) is 0 Å². The molecule has 0 spiro atoms. The van der Waals surface area contributed by atoms with Crippen molar-refractivity contribution in [1.29, 1.82) is 0 Å². The number of H-pyrrole nitrogens is 1. The van der Waals surface area contributed by atoms with E-state index in [1.807, 2.05) is 0 Å². The molecule has 0 aliphatic carbocycles. The first-order valence-corrected chi connectivity index (χ1v) is 5.82. The zero-order valence-electron chi connectivity index (χ0n) is 10.3. The summed E-state index contributed by atoms with van der Waals surface area (Å²) in [6.45, 7) is -2.49. The maximum absolute atomic E-state index is 12.0. The fourth-order valence-corrected chi connectivity index (χ4v) is 1.54. The molecule has 1 heterocycles. The van der Waals surface area contributed by atoms with Crippen LogP contribution >= 0.6 is 0 Å². The first kappa shape index (κ1) is 13.9. The van der Waals surface area contributed by atoms with E-state index in [2.05, 4.69) is 25.2 Å². The Kier molecular flexibility index (Phi) is 4.59. The smallest absolute Gasteiger partial charge is 0.387 e. The van der Waals surface area contributed by atoms with E-state index in [1.165, 1.54) is 30.6 Å². The van der Waals surface area contributed by atoms with Gasteiger partial charge in [-0.1, -0.05) is 0 Å². The van der Waals surface area contributed by atoms with Crippen LogP contribution in [0.2, 0.25) is 0 Å². The normalized spacial score (nSPS) is 10.6. The highest BCUT2D eigenvalue weighted by Crippen LogP contribution is 2.14. The molecule has 0 atom stereocenters. The number of amides is 1. The van der Waals surface area contributed by atoms with Gasteiger partial charge in [0.15, 0.2) is 0 Å². The van der Waals surface area contributed by atoms with Crippen molar-refractivity contribution in [1.82, 2.24) is 20.5 Å². The summed E-state index contributed by atoms with van der Waals surface area (Å²) in [6, 6.07) is 5.47. The lowest BCUT2D eigenvalue weighted by Gasteiger charge is -2.06. The molecule has 20 heavy (non-hydrogen) atoms. The monoisotopic (exact) mass is 282 g/mol.